The van der Waals surface area contributed by atoms with Crippen molar-refractivity contribution in [2.75, 3.05) is 13.2 Å². The molecule has 0 saturated carbocycles. The summed E-state index contributed by atoms with van der Waals surface area (Å²) in [5, 5.41) is 0. The van der Waals surface area contributed by atoms with Crippen molar-refractivity contribution in [3.63, 3.8) is 0 Å². The minimum Gasteiger partial charge on any atom is -0.412 e. The third kappa shape index (κ3) is 11.5. The summed E-state index contributed by atoms with van der Waals surface area (Å²) in [5.74, 6) is -0.991. The number of ether oxygens (including phenoxy) is 1. The molecule has 0 radical (unpaired) electrons. The standard InChI is InChI=1S/C21H52O6Si5/c1-28(2,3)23-17-21(27-32(13,14)15)20(26-31(10,11)12)19(25-30(7,8)9)18(16-22-21)24-29(4,5)6/h18-20H,16-17H2,1-15H3/t18-,19?,20?,21-/m1/s1. The highest BCUT2D eigenvalue weighted by atomic mass is 28.4. The second kappa shape index (κ2) is 10.4. The summed E-state index contributed by atoms with van der Waals surface area (Å²) in [5.41, 5.74) is 0. The topological polar surface area (TPSA) is 55.4 Å². The highest BCUT2D eigenvalue weighted by Gasteiger charge is 2.58. The van der Waals surface area contributed by atoms with Gasteiger partial charge in [0.05, 0.1) is 19.3 Å². The SMILES string of the molecule is C[Si](C)(C)OC[C@]1(O[Si](C)(C)C)OC[C@@H](O[Si](C)(C)C)C(O[Si](C)(C)C)C1O[Si](C)(C)C. The lowest BCUT2D eigenvalue weighted by Gasteiger charge is -2.54. The van der Waals surface area contributed by atoms with Crippen molar-refractivity contribution in [3.8, 4) is 0 Å². The zero-order chi connectivity index (χ0) is 25.4. The monoisotopic (exact) mass is 540 g/mol. The predicted molar refractivity (Wildman–Crippen MR) is 147 cm³/mol. The first-order valence-corrected chi connectivity index (χ1v) is 29.0. The second-order valence-corrected chi connectivity index (χ2v) is 36.2. The molecule has 1 heterocycles. The van der Waals surface area contributed by atoms with E-state index < -0.39 is 53.5 Å². The molecule has 0 amide bonds. The molecule has 0 aliphatic carbocycles. The smallest absolute Gasteiger partial charge is 0.209 e. The Balaban J connectivity index is 3.59. The molecule has 32 heavy (non-hydrogen) atoms. The molecule has 0 bridgehead atoms. The average molecular weight is 541 g/mol. The van der Waals surface area contributed by atoms with Gasteiger partial charge < -0.3 is 26.9 Å². The fraction of sp³-hybridized carbons (Fsp3) is 1.00. The normalized spacial score (nSPS) is 28.8. The minimum atomic E-state index is -2.02. The maximum Gasteiger partial charge on any atom is 0.209 e. The van der Waals surface area contributed by atoms with Crippen molar-refractivity contribution in [2.45, 2.75) is 122 Å². The van der Waals surface area contributed by atoms with Gasteiger partial charge in [-0.05, 0) is 98.2 Å². The highest BCUT2D eigenvalue weighted by molar-refractivity contribution is 6.71. The van der Waals surface area contributed by atoms with Crippen LogP contribution in [0.15, 0.2) is 0 Å². The molecule has 0 aromatic heterocycles. The fourth-order valence-electron chi connectivity index (χ4n) is 3.56. The van der Waals surface area contributed by atoms with Crippen LogP contribution in [0.4, 0.5) is 0 Å². The molecule has 11 heteroatoms. The molecule has 1 rings (SSSR count). The van der Waals surface area contributed by atoms with Gasteiger partial charge in [0.2, 0.25) is 5.79 Å². The third-order valence-electron chi connectivity index (χ3n) is 4.25. The van der Waals surface area contributed by atoms with E-state index in [0.29, 0.717) is 13.2 Å². The maximum absolute atomic E-state index is 6.89. The van der Waals surface area contributed by atoms with Gasteiger partial charge in [0.1, 0.15) is 12.2 Å². The summed E-state index contributed by atoms with van der Waals surface area (Å²) in [6.45, 7) is 33.9. The first-order valence-electron chi connectivity index (χ1n) is 11.9. The van der Waals surface area contributed by atoms with E-state index in [1.54, 1.807) is 0 Å². The molecule has 1 saturated heterocycles. The van der Waals surface area contributed by atoms with Crippen molar-refractivity contribution < 1.29 is 26.9 Å². The van der Waals surface area contributed by atoms with Gasteiger partial charge in [0, 0.05) is 0 Å². The van der Waals surface area contributed by atoms with Crippen molar-refractivity contribution in [1.29, 1.82) is 0 Å². The summed E-state index contributed by atoms with van der Waals surface area (Å²) in [6, 6.07) is 0. The number of rotatable bonds is 11. The summed E-state index contributed by atoms with van der Waals surface area (Å²) >= 11 is 0. The van der Waals surface area contributed by atoms with Gasteiger partial charge in [-0.3, -0.25) is 0 Å². The predicted octanol–water partition coefficient (Wildman–Crippen LogP) is 6.08. The van der Waals surface area contributed by atoms with Crippen LogP contribution in [0.2, 0.25) is 98.2 Å². The van der Waals surface area contributed by atoms with Crippen LogP contribution in [0.25, 0.3) is 0 Å². The van der Waals surface area contributed by atoms with Crippen LogP contribution in [0.1, 0.15) is 0 Å². The first-order chi connectivity index (χ1) is 13.9. The largest absolute Gasteiger partial charge is 0.412 e. The molecule has 0 aromatic carbocycles. The summed E-state index contributed by atoms with van der Waals surface area (Å²) in [6.07, 6.45) is -0.838. The quantitative estimate of drug-likeness (QED) is 0.296. The van der Waals surface area contributed by atoms with Crippen molar-refractivity contribution in [2.24, 2.45) is 0 Å². The molecule has 0 aromatic rings. The van der Waals surface area contributed by atoms with Crippen LogP contribution in [0.5, 0.6) is 0 Å². The lowest BCUT2D eigenvalue weighted by Crippen LogP contribution is -2.71. The molecule has 192 valence electrons. The van der Waals surface area contributed by atoms with Crippen molar-refractivity contribution >= 4 is 41.6 Å². The van der Waals surface area contributed by atoms with Crippen molar-refractivity contribution in [1.82, 2.24) is 0 Å². The second-order valence-electron chi connectivity index (χ2n) is 13.9. The Bertz CT molecular complexity index is 600. The van der Waals surface area contributed by atoms with Gasteiger partial charge in [0.15, 0.2) is 41.6 Å². The third-order valence-corrected chi connectivity index (χ3v) is 9.17. The first kappa shape index (κ1) is 30.9. The van der Waals surface area contributed by atoms with Crippen LogP contribution >= 0.6 is 0 Å². The summed E-state index contributed by atoms with van der Waals surface area (Å²) in [7, 11) is -9.58. The van der Waals surface area contributed by atoms with E-state index in [4.69, 9.17) is 26.9 Å². The molecule has 4 atom stereocenters. The van der Waals surface area contributed by atoms with E-state index in [1.807, 2.05) is 0 Å². The molecule has 1 aliphatic heterocycles. The molecular weight excluding hydrogens is 489 g/mol. The molecule has 1 aliphatic rings. The Morgan fingerprint density at radius 2 is 1.09 bits per heavy atom. The summed E-state index contributed by atoms with van der Waals surface area (Å²) < 4.78 is 40.3. The van der Waals surface area contributed by atoms with Crippen LogP contribution in [-0.2, 0) is 26.9 Å². The fourth-order valence-corrected chi connectivity index (χ4v) is 8.74. The van der Waals surface area contributed by atoms with Gasteiger partial charge >= 0.3 is 0 Å². The molecule has 1 fully saturated rings. The Labute approximate surface area is 203 Å². The Morgan fingerprint density at radius 1 is 0.625 bits per heavy atom. The van der Waals surface area contributed by atoms with Crippen molar-refractivity contribution in [3.05, 3.63) is 0 Å². The van der Waals surface area contributed by atoms with Gasteiger partial charge in [-0.15, -0.1) is 0 Å². The van der Waals surface area contributed by atoms with E-state index in [0.717, 1.165) is 0 Å². The maximum atomic E-state index is 6.89. The van der Waals surface area contributed by atoms with Gasteiger partial charge in [0.25, 0.3) is 0 Å². The van der Waals surface area contributed by atoms with E-state index in [9.17, 15) is 0 Å². The van der Waals surface area contributed by atoms with E-state index in [1.165, 1.54) is 0 Å². The average Bonchev–Trinajstić information content (AvgIpc) is 2.46. The van der Waals surface area contributed by atoms with Gasteiger partial charge in [-0.25, -0.2) is 0 Å². The molecule has 6 nitrogen and oxygen atoms in total. The lowest BCUT2D eigenvalue weighted by molar-refractivity contribution is -0.311. The Morgan fingerprint density at radius 3 is 1.47 bits per heavy atom. The molecule has 0 spiro atoms. The Hall–Kier alpha value is 0.844. The summed E-state index contributed by atoms with van der Waals surface area (Å²) in [4.78, 5) is 0. The highest BCUT2D eigenvalue weighted by Crippen LogP contribution is 2.39. The van der Waals surface area contributed by atoms with Crippen LogP contribution in [0.3, 0.4) is 0 Å². The van der Waals surface area contributed by atoms with E-state index >= 15 is 0 Å². The van der Waals surface area contributed by atoms with E-state index in [2.05, 4.69) is 98.2 Å². The molecule has 2 unspecified atom stereocenters. The van der Waals surface area contributed by atoms with Crippen LogP contribution in [0, 0.1) is 0 Å². The van der Waals surface area contributed by atoms with E-state index in [-0.39, 0.29) is 12.2 Å². The zero-order valence-corrected chi connectivity index (χ0v) is 28.6. The number of hydrogen-bond donors (Lipinski definition) is 0. The van der Waals surface area contributed by atoms with Gasteiger partial charge in [-0.2, -0.15) is 0 Å². The Kier molecular flexibility index (Phi) is 10.1. The molecule has 0 N–H and O–H groups in total. The lowest BCUT2D eigenvalue weighted by atomic mass is 9.97. The van der Waals surface area contributed by atoms with Crippen LogP contribution < -0.4 is 0 Å². The number of hydrogen-bond acceptors (Lipinski definition) is 6. The molecular formula is C21H52O6Si5. The van der Waals surface area contributed by atoms with Gasteiger partial charge in [-0.1, -0.05) is 0 Å². The van der Waals surface area contributed by atoms with Crippen LogP contribution in [-0.4, -0.2) is 78.9 Å². The zero-order valence-electron chi connectivity index (χ0n) is 23.6. The minimum absolute atomic E-state index is 0.181.